The highest BCUT2D eigenvalue weighted by Crippen LogP contribution is 2.13. The van der Waals surface area contributed by atoms with E-state index in [1.165, 1.54) is 108 Å². The molecule has 174 valence electrons. The van der Waals surface area contributed by atoms with Gasteiger partial charge in [-0.1, -0.05) is 134 Å². The van der Waals surface area contributed by atoms with E-state index in [0.717, 1.165) is 6.61 Å². The summed E-state index contributed by atoms with van der Waals surface area (Å²) in [6.07, 6.45) is 22.7. The van der Waals surface area contributed by atoms with Crippen LogP contribution in [0.5, 0.6) is 0 Å². The smallest absolute Gasteiger partial charge is 0.0785 e. The molecule has 0 spiro atoms. The van der Waals surface area contributed by atoms with Crippen molar-refractivity contribution >= 4 is 0 Å². The minimum Gasteiger partial charge on any atom is -0.379 e. The Balaban J connectivity index is 1.72. The van der Waals surface area contributed by atoms with Gasteiger partial charge in [0.05, 0.1) is 19.3 Å². The summed E-state index contributed by atoms with van der Waals surface area (Å²) in [5, 5.41) is 0. The summed E-state index contributed by atoms with van der Waals surface area (Å²) in [5.41, 5.74) is 1.22. The van der Waals surface area contributed by atoms with Gasteiger partial charge in [0, 0.05) is 6.61 Å². The summed E-state index contributed by atoms with van der Waals surface area (Å²) in [4.78, 5) is 0. The van der Waals surface area contributed by atoms with E-state index >= 15 is 0 Å². The van der Waals surface area contributed by atoms with Crippen molar-refractivity contribution in [3.05, 3.63) is 35.9 Å². The monoisotopic (exact) mass is 418 g/mol. The summed E-state index contributed by atoms with van der Waals surface area (Å²) in [6.45, 7) is 6.63. The molecule has 1 rings (SSSR count). The van der Waals surface area contributed by atoms with E-state index in [2.05, 4.69) is 38.1 Å². The average molecular weight is 419 g/mol. The zero-order valence-corrected chi connectivity index (χ0v) is 20.2. The van der Waals surface area contributed by atoms with Gasteiger partial charge in [-0.15, -0.1) is 0 Å². The van der Waals surface area contributed by atoms with Crippen LogP contribution in [-0.2, 0) is 16.1 Å². The van der Waals surface area contributed by atoms with Crippen LogP contribution in [0.2, 0.25) is 0 Å². The minimum atomic E-state index is 0.159. The van der Waals surface area contributed by atoms with Gasteiger partial charge in [-0.2, -0.15) is 0 Å². The molecule has 0 aliphatic heterocycles. The maximum Gasteiger partial charge on any atom is 0.0785 e. The minimum absolute atomic E-state index is 0.159. The van der Waals surface area contributed by atoms with E-state index in [0.29, 0.717) is 13.2 Å². The third-order valence-corrected chi connectivity index (χ3v) is 5.87. The lowest BCUT2D eigenvalue weighted by atomic mass is 10.0. The van der Waals surface area contributed by atoms with Crippen LogP contribution >= 0.6 is 0 Å². The van der Waals surface area contributed by atoms with E-state index < -0.39 is 0 Å². The molecule has 2 nitrogen and oxygen atoms in total. The molecule has 0 N–H and O–H groups in total. The predicted octanol–water partition coefficient (Wildman–Crippen LogP) is 8.87. The van der Waals surface area contributed by atoms with Gasteiger partial charge in [-0.3, -0.25) is 0 Å². The molecular weight excluding hydrogens is 368 g/mol. The molecule has 0 amide bonds. The quantitative estimate of drug-likeness (QED) is 0.175. The maximum absolute atomic E-state index is 5.84. The van der Waals surface area contributed by atoms with Crippen LogP contribution in [0.4, 0.5) is 0 Å². The van der Waals surface area contributed by atoms with Crippen molar-refractivity contribution in [3.63, 3.8) is 0 Å². The van der Waals surface area contributed by atoms with Crippen molar-refractivity contribution in [2.45, 2.75) is 129 Å². The van der Waals surface area contributed by atoms with Crippen molar-refractivity contribution < 1.29 is 9.47 Å². The van der Waals surface area contributed by atoms with Crippen LogP contribution < -0.4 is 0 Å². The molecule has 0 heterocycles. The first kappa shape index (κ1) is 27.2. The molecule has 1 aromatic carbocycles. The summed E-state index contributed by atoms with van der Waals surface area (Å²) < 4.78 is 11.6. The molecule has 0 aliphatic rings. The maximum atomic E-state index is 5.84. The molecule has 1 unspecified atom stereocenters. The average Bonchev–Trinajstić information content (AvgIpc) is 2.77. The SMILES string of the molecule is CCCCCCCCCCCCCCCCCCOCC(C)OCc1ccccc1. The van der Waals surface area contributed by atoms with Crippen molar-refractivity contribution in [1.29, 1.82) is 0 Å². The predicted molar refractivity (Wildman–Crippen MR) is 131 cm³/mol. The molecule has 0 fully saturated rings. The van der Waals surface area contributed by atoms with Gasteiger partial charge in [0.25, 0.3) is 0 Å². The van der Waals surface area contributed by atoms with E-state index in [9.17, 15) is 0 Å². The lowest BCUT2D eigenvalue weighted by Gasteiger charge is -2.13. The molecular formula is C28H50O2. The molecule has 2 heteroatoms. The van der Waals surface area contributed by atoms with E-state index in [1.54, 1.807) is 0 Å². The first-order chi connectivity index (χ1) is 14.8. The van der Waals surface area contributed by atoms with Gasteiger partial charge in [0.2, 0.25) is 0 Å². The van der Waals surface area contributed by atoms with Crippen LogP contribution in [0.25, 0.3) is 0 Å². The largest absolute Gasteiger partial charge is 0.379 e. The summed E-state index contributed by atoms with van der Waals surface area (Å²) >= 11 is 0. The highest BCUT2D eigenvalue weighted by molar-refractivity contribution is 5.13. The Morgan fingerprint density at radius 1 is 0.633 bits per heavy atom. The van der Waals surface area contributed by atoms with Crippen molar-refractivity contribution in [2.75, 3.05) is 13.2 Å². The molecule has 1 aromatic rings. The fourth-order valence-electron chi connectivity index (χ4n) is 3.86. The van der Waals surface area contributed by atoms with Crippen molar-refractivity contribution in [3.8, 4) is 0 Å². The van der Waals surface area contributed by atoms with Crippen LogP contribution in [0.1, 0.15) is 122 Å². The first-order valence-corrected chi connectivity index (χ1v) is 13.1. The van der Waals surface area contributed by atoms with E-state index in [4.69, 9.17) is 9.47 Å². The molecule has 0 saturated carbocycles. The van der Waals surface area contributed by atoms with Gasteiger partial charge in [-0.05, 0) is 18.9 Å². The fraction of sp³-hybridized carbons (Fsp3) is 0.786. The molecule has 1 atom stereocenters. The summed E-state index contributed by atoms with van der Waals surface area (Å²) in [7, 11) is 0. The Labute approximate surface area is 188 Å². The molecule has 0 radical (unpaired) electrons. The summed E-state index contributed by atoms with van der Waals surface area (Å²) in [5.74, 6) is 0. The molecule has 0 aliphatic carbocycles. The zero-order valence-electron chi connectivity index (χ0n) is 20.2. The highest BCUT2D eigenvalue weighted by Gasteiger charge is 2.03. The first-order valence-electron chi connectivity index (χ1n) is 13.1. The van der Waals surface area contributed by atoms with E-state index in [-0.39, 0.29) is 6.10 Å². The van der Waals surface area contributed by atoms with Gasteiger partial charge in [0.15, 0.2) is 0 Å². The Morgan fingerprint density at radius 3 is 1.60 bits per heavy atom. The Bertz CT molecular complexity index is 445. The second kappa shape index (κ2) is 21.4. The van der Waals surface area contributed by atoms with Crippen LogP contribution in [-0.4, -0.2) is 19.3 Å². The van der Waals surface area contributed by atoms with Gasteiger partial charge < -0.3 is 9.47 Å². The molecule has 30 heavy (non-hydrogen) atoms. The number of ether oxygens (including phenoxy) is 2. The standard InChI is InChI=1S/C28H50O2/c1-3-4-5-6-7-8-9-10-11-12-13-14-15-16-17-21-24-29-25-27(2)30-26-28-22-19-18-20-23-28/h18-20,22-23,27H,3-17,21,24-26H2,1-2H3. The third-order valence-electron chi connectivity index (χ3n) is 5.87. The lowest BCUT2D eigenvalue weighted by Crippen LogP contribution is -2.16. The topological polar surface area (TPSA) is 18.5 Å². The Morgan fingerprint density at radius 2 is 1.10 bits per heavy atom. The normalized spacial score (nSPS) is 12.3. The number of unbranched alkanes of at least 4 members (excludes halogenated alkanes) is 15. The summed E-state index contributed by atoms with van der Waals surface area (Å²) in [6, 6.07) is 10.3. The van der Waals surface area contributed by atoms with Crippen LogP contribution in [0.15, 0.2) is 30.3 Å². The second-order valence-corrected chi connectivity index (χ2v) is 8.99. The molecule has 0 aromatic heterocycles. The van der Waals surface area contributed by atoms with Crippen molar-refractivity contribution in [1.82, 2.24) is 0 Å². The Hall–Kier alpha value is -0.860. The Kier molecular flexibility index (Phi) is 19.4. The lowest BCUT2D eigenvalue weighted by molar-refractivity contribution is -0.0155. The van der Waals surface area contributed by atoms with Crippen molar-refractivity contribution in [2.24, 2.45) is 0 Å². The number of rotatable bonds is 22. The molecule has 0 bridgehead atoms. The third kappa shape index (κ3) is 18.0. The molecule has 0 saturated heterocycles. The zero-order chi connectivity index (χ0) is 21.5. The van der Waals surface area contributed by atoms with E-state index in [1.807, 2.05) is 6.07 Å². The highest BCUT2D eigenvalue weighted by atomic mass is 16.5. The van der Waals surface area contributed by atoms with Crippen LogP contribution in [0.3, 0.4) is 0 Å². The van der Waals surface area contributed by atoms with Gasteiger partial charge in [-0.25, -0.2) is 0 Å². The van der Waals surface area contributed by atoms with Gasteiger partial charge in [0.1, 0.15) is 0 Å². The number of hydrogen-bond acceptors (Lipinski definition) is 2. The van der Waals surface area contributed by atoms with Crippen LogP contribution in [0, 0.1) is 0 Å². The number of hydrogen-bond donors (Lipinski definition) is 0. The van der Waals surface area contributed by atoms with Gasteiger partial charge >= 0.3 is 0 Å². The number of benzene rings is 1. The second-order valence-electron chi connectivity index (χ2n) is 8.99. The fourth-order valence-corrected chi connectivity index (χ4v) is 3.86.